The highest BCUT2D eigenvalue weighted by Gasteiger charge is 2.17. The van der Waals surface area contributed by atoms with Gasteiger partial charge >= 0.3 is 0 Å². The Balaban J connectivity index is 2.03. The fourth-order valence-corrected chi connectivity index (χ4v) is 3.41. The molecule has 2 heterocycles. The van der Waals surface area contributed by atoms with Gasteiger partial charge in [0.25, 0.3) is 0 Å². The zero-order valence-corrected chi connectivity index (χ0v) is 14.8. The Bertz CT molecular complexity index is 1190. The molecule has 0 saturated heterocycles. The van der Waals surface area contributed by atoms with Gasteiger partial charge in [-0.05, 0) is 50.1 Å². The molecule has 0 N–H and O–H groups in total. The summed E-state index contributed by atoms with van der Waals surface area (Å²) in [6.45, 7) is 13.6. The monoisotopic (exact) mass is 327 g/mol. The van der Waals surface area contributed by atoms with Crippen LogP contribution in [0.1, 0.15) is 16.7 Å². The minimum absolute atomic E-state index is 0.601. The Hall–Kier alpha value is -3.12. The lowest BCUT2D eigenvalue weighted by molar-refractivity contribution is -0.660. The maximum atomic E-state index is 7.18. The summed E-state index contributed by atoms with van der Waals surface area (Å²) in [7, 11) is 2.08. The number of nitrogens with zero attached hydrogens (tertiary/aromatic N) is 2. The molecule has 2 aromatic carbocycles. The quantitative estimate of drug-likeness (QED) is 0.331. The number of aromatic nitrogens is 1. The van der Waals surface area contributed by atoms with E-state index in [0.717, 1.165) is 21.9 Å². The van der Waals surface area contributed by atoms with Crippen LogP contribution in [0.15, 0.2) is 47.0 Å². The average Bonchev–Trinajstić information content (AvgIpc) is 2.93. The van der Waals surface area contributed by atoms with Crippen molar-refractivity contribution in [3.05, 3.63) is 70.7 Å². The number of pyridine rings is 1. The lowest BCUT2D eigenvalue weighted by Gasteiger charge is -2.07. The van der Waals surface area contributed by atoms with Crippen molar-refractivity contribution in [1.29, 1.82) is 0 Å². The van der Waals surface area contributed by atoms with E-state index in [-0.39, 0.29) is 0 Å². The van der Waals surface area contributed by atoms with Crippen LogP contribution in [0.2, 0.25) is 0 Å². The molecule has 0 aliphatic rings. The van der Waals surface area contributed by atoms with E-state index in [0.29, 0.717) is 5.69 Å². The third-order valence-corrected chi connectivity index (χ3v) is 4.95. The van der Waals surface area contributed by atoms with Gasteiger partial charge in [0.05, 0.1) is 6.57 Å². The fourth-order valence-electron chi connectivity index (χ4n) is 3.41. The maximum absolute atomic E-state index is 7.18. The lowest BCUT2D eigenvalue weighted by Crippen LogP contribution is -2.31. The van der Waals surface area contributed by atoms with Crippen LogP contribution in [0, 0.1) is 27.3 Å². The molecule has 0 radical (unpaired) electrons. The van der Waals surface area contributed by atoms with Gasteiger partial charge in [0.15, 0.2) is 11.9 Å². The first-order valence-corrected chi connectivity index (χ1v) is 8.29. The summed E-state index contributed by atoms with van der Waals surface area (Å²) < 4.78 is 8.17. The Kier molecular flexibility index (Phi) is 3.36. The van der Waals surface area contributed by atoms with Crippen molar-refractivity contribution in [2.45, 2.75) is 20.8 Å². The molecule has 25 heavy (non-hydrogen) atoms. The van der Waals surface area contributed by atoms with Crippen LogP contribution in [-0.4, -0.2) is 0 Å². The van der Waals surface area contributed by atoms with Crippen LogP contribution in [0.25, 0.3) is 38.0 Å². The van der Waals surface area contributed by atoms with Crippen molar-refractivity contribution in [3.8, 4) is 11.3 Å². The van der Waals surface area contributed by atoms with Crippen molar-refractivity contribution >= 4 is 27.6 Å². The van der Waals surface area contributed by atoms with Crippen molar-refractivity contribution in [3.63, 3.8) is 0 Å². The van der Waals surface area contributed by atoms with Gasteiger partial charge in [0.1, 0.15) is 18.2 Å². The molecular formula is C22H19N2O+. The molecule has 3 nitrogen and oxygen atoms in total. The average molecular weight is 327 g/mol. The summed E-state index contributed by atoms with van der Waals surface area (Å²) in [6, 6.07) is 12.2. The Morgan fingerprint density at radius 2 is 1.64 bits per heavy atom. The molecule has 0 spiro atoms. The van der Waals surface area contributed by atoms with Gasteiger partial charge in [-0.15, -0.1) is 0 Å². The molecule has 0 bridgehead atoms. The topological polar surface area (TPSA) is 21.4 Å². The molecule has 2 aromatic heterocycles. The second-order valence-electron chi connectivity index (χ2n) is 6.69. The van der Waals surface area contributed by atoms with Crippen molar-refractivity contribution in [1.82, 2.24) is 0 Å². The summed E-state index contributed by atoms with van der Waals surface area (Å²) >= 11 is 0. The summed E-state index contributed by atoms with van der Waals surface area (Å²) in [5.74, 6) is 0. The number of fused-ring (bicyclic) bond motifs is 3. The molecular weight excluding hydrogens is 308 g/mol. The van der Waals surface area contributed by atoms with E-state index in [4.69, 9.17) is 11.0 Å². The van der Waals surface area contributed by atoms with Crippen LogP contribution in [0.3, 0.4) is 0 Å². The predicted molar refractivity (Wildman–Crippen MR) is 101 cm³/mol. The highest BCUT2D eigenvalue weighted by molar-refractivity contribution is 6.07. The number of aryl methyl sites for hydroxylation is 4. The molecule has 0 saturated carbocycles. The molecule has 3 heteroatoms. The third-order valence-electron chi connectivity index (χ3n) is 4.95. The van der Waals surface area contributed by atoms with Gasteiger partial charge in [0.2, 0.25) is 5.69 Å². The van der Waals surface area contributed by atoms with E-state index in [1.807, 2.05) is 18.2 Å². The zero-order chi connectivity index (χ0) is 17.7. The number of hydrogen-bond acceptors (Lipinski definition) is 1. The molecule has 0 aliphatic heterocycles. The number of rotatable bonds is 1. The highest BCUT2D eigenvalue weighted by Crippen LogP contribution is 2.35. The second kappa shape index (κ2) is 5.46. The summed E-state index contributed by atoms with van der Waals surface area (Å²) in [5.41, 5.74) is 8.37. The van der Waals surface area contributed by atoms with E-state index < -0.39 is 0 Å². The Morgan fingerprint density at radius 3 is 2.40 bits per heavy atom. The largest absolute Gasteiger partial charge is 0.457 e. The second-order valence-corrected chi connectivity index (χ2v) is 6.69. The summed E-state index contributed by atoms with van der Waals surface area (Å²) in [6.07, 6.45) is 2.17. The minimum atomic E-state index is 0.601. The lowest BCUT2D eigenvalue weighted by atomic mass is 9.99. The van der Waals surface area contributed by atoms with E-state index in [1.54, 1.807) is 0 Å². The van der Waals surface area contributed by atoms with Gasteiger partial charge < -0.3 is 4.42 Å². The highest BCUT2D eigenvalue weighted by atomic mass is 16.3. The summed E-state index contributed by atoms with van der Waals surface area (Å²) in [5, 5.41) is 2.14. The molecule has 0 atom stereocenters. The first-order chi connectivity index (χ1) is 12.0. The van der Waals surface area contributed by atoms with Crippen LogP contribution < -0.4 is 4.57 Å². The predicted octanol–water partition coefficient (Wildman–Crippen LogP) is 5.55. The first kappa shape index (κ1) is 15.4. The summed E-state index contributed by atoms with van der Waals surface area (Å²) in [4.78, 5) is 3.49. The normalized spacial score (nSPS) is 11.2. The molecule has 0 aliphatic carbocycles. The third kappa shape index (κ3) is 2.38. The van der Waals surface area contributed by atoms with E-state index in [1.165, 1.54) is 27.9 Å². The molecule has 4 aromatic rings. The molecule has 0 unspecified atom stereocenters. The Morgan fingerprint density at radius 1 is 0.880 bits per heavy atom. The number of benzene rings is 2. The standard InChI is InChI=1S/C22H19N2O/c1-13-8-20(24(5)12-15(13)3)18-11-19-17-7-6-16(23-4)10-22(17)25-21(19)9-14(18)2/h6-12H,1-3,5H3/q+1. The molecule has 0 fully saturated rings. The zero-order valence-electron chi connectivity index (χ0n) is 14.8. The number of furan rings is 1. The van der Waals surface area contributed by atoms with Gasteiger partial charge in [-0.2, -0.15) is 0 Å². The van der Waals surface area contributed by atoms with Gasteiger partial charge in [0, 0.05) is 28.0 Å². The van der Waals surface area contributed by atoms with Gasteiger partial charge in [-0.25, -0.2) is 9.41 Å². The van der Waals surface area contributed by atoms with Crippen molar-refractivity contribution in [2.24, 2.45) is 7.05 Å². The van der Waals surface area contributed by atoms with E-state index >= 15 is 0 Å². The number of hydrogen-bond donors (Lipinski definition) is 0. The van der Waals surface area contributed by atoms with Gasteiger partial charge in [-0.1, -0.05) is 12.1 Å². The van der Waals surface area contributed by atoms with Crippen molar-refractivity contribution in [2.75, 3.05) is 0 Å². The van der Waals surface area contributed by atoms with Crippen LogP contribution in [0.5, 0.6) is 0 Å². The van der Waals surface area contributed by atoms with Crippen molar-refractivity contribution < 1.29 is 8.98 Å². The molecule has 122 valence electrons. The SMILES string of the molecule is [C-]#[N+]c1ccc2c(c1)oc1cc(C)c(-c3cc(C)c(C)c[n+]3C)cc12. The van der Waals surface area contributed by atoms with Crippen LogP contribution in [-0.2, 0) is 7.05 Å². The van der Waals surface area contributed by atoms with Crippen LogP contribution >= 0.6 is 0 Å². The maximum Gasteiger partial charge on any atom is 0.212 e. The fraction of sp³-hybridized carbons (Fsp3) is 0.182. The van der Waals surface area contributed by atoms with Gasteiger partial charge in [-0.3, -0.25) is 0 Å². The first-order valence-electron chi connectivity index (χ1n) is 8.29. The van der Waals surface area contributed by atoms with E-state index in [2.05, 4.69) is 61.6 Å². The van der Waals surface area contributed by atoms with Crippen LogP contribution in [0.4, 0.5) is 5.69 Å². The Labute approximate surface area is 147 Å². The van der Waals surface area contributed by atoms with E-state index in [9.17, 15) is 0 Å². The minimum Gasteiger partial charge on any atom is -0.457 e. The smallest absolute Gasteiger partial charge is 0.212 e. The molecule has 4 rings (SSSR count). The molecule has 0 amide bonds.